The summed E-state index contributed by atoms with van der Waals surface area (Å²) in [5.41, 5.74) is 0.951. The minimum Gasteiger partial charge on any atom is -0.490 e. The van der Waals surface area contributed by atoms with Gasteiger partial charge in [-0.3, -0.25) is 9.69 Å². The number of nitrogens with zero attached hydrogens (tertiary/aromatic N) is 1. The Balaban J connectivity index is 2.24. The average molecular weight is 370 g/mol. The van der Waals surface area contributed by atoms with Gasteiger partial charge < -0.3 is 14.8 Å². The number of ether oxygens (including phenoxy) is 2. The van der Waals surface area contributed by atoms with Crippen LogP contribution in [0, 0.1) is 0 Å². The fourth-order valence-electron chi connectivity index (χ4n) is 2.33. The third-order valence-electron chi connectivity index (χ3n) is 3.49. The van der Waals surface area contributed by atoms with Crippen LogP contribution in [0.4, 0.5) is 8.78 Å². The van der Waals surface area contributed by atoms with Gasteiger partial charge in [0.25, 0.3) is 5.91 Å². The van der Waals surface area contributed by atoms with Crippen LogP contribution in [0.5, 0.6) is 11.5 Å². The number of alkyl halides is 2. The maximum atomic E-state index is 12.4. The number of hydrogen-bond donors (Lipinski definition) is 1. The molecule has 1 amide bonds. The second-order valence-electron chi connectivity index (χ2n) is 5.32. The number of rotatable bonds is 8. The molecule has 1 aromatic rings. The highest BCUT2D eigenvalue weighted by molar-refractivity contribution is 7.80. The molecule has 0 saturated carbocycles. The van der Waals surface area contributed by atoms with Gasteiger partial charge in [0, 0.05) is 6.54 Å². The summed E-state index contributed by atoms with van der Waals surface area (Å²) in [7, 11) is 0. The molecule has 2 rings (SSSR count). The number of carbonyl (C=O) groups is 1. The zero-order valence-corrected chi connectivity index (χ0v) is 14.9. The first-order valence-corrected chi connectivity index (χ1v) is 8.43. The second-order valence-corrected chi connectivity index (χ2v) is 5.70. The van der Waals surface area contributed by atoms with Crippen molar-refractivity contribution in [3.05, 3.63) is 29.5 Å². The summed E-state index contributed by atoms with van der Waals surface area (Å²) in [4.78, 5) is 13.9. The molecule has 1 fully saturated rings. The van der Waals surface area contributed by atoms with Gasteiger partial charge in [0.1, 0.15) is 5.70 Å². The van der Waals surface area contributed by atoms with Crippen LogP contribution in [0.15, 0.2) is 23.9 Å². The monoisotopic (exact) mass is 370 g/mol. The van der Waals surface area contributed by atoms with Gasteiger partial charge in [0.15, 0.2) is 16.6 Å². The minimum atomic E-state index is -2.94. The Hall–Kier alpha value is -2.22. The van der Waals surface area contributed by atoms with E-state index in [1.807, 2.05) is 6.92 Å². The number of carbonyl (C=O) groups excluding carboxylic acids is 1. The zero-order valence-electron chi connectivity index (χ0n) is 14.1. The highest BCUT2D eigenvalue weighted by Gasteiger charge is 2.29. The molecule has 0 aliphatic carbocycles. The molecule has 0 spiro atoms. The molecule has 1 heterocycles. The van der Waals surface area contributed by atoms with Crippen molar-refractivity contribution in [1.82, 2.24) is 10.2 Å². The predicted octanol–water partition coefficient (Wildman–Crippen LogP) is 3.54. The molecule has 0 atom stereocenters. The van der Waals surface area contributed by atoms with Gasteiger partial charge in [-0.25, -0.2) is 0 Å². The van der Waals surface area contributed by atoms with Gasteiger partial charge in [-0.1, -0.05) is 19.4 Å². The Morgan fingerprint density at radius 3 is 2.72 bits per heavy atom. The third kappa shape index (κ3) is 4.88. The summed E-state index contributed by atoms with van der Waals surface area (Å²) in [6.45, 7) is 1.69. The molecule has 25 heavy (non-hydrogen) atoms. The smallest absolute Gasteiger partial charge is 0.387 e. The molecule has 0 bridgehead atoms. The standard InChI is InChI=1S/C17H20F2N2O3S/c1-3-5-8-21-15(22)12(20-17(21)25)9-11-6-7-13(24-16(18)19)14(10-11)23-4-2/h6-7,9-10,16H,3-5,8H2,1-2H3,(H,20,25)/b12-9-. The number of amides is 1. The van der Waals surface area contributed by atoms with Crippen LogP contribution in [-0.2, 0) is 4.79 Å². The van der Waals surface area contributed by atoms with Gasteiger partial charge in [0.2, 0.25) is 0 Å². The summed E-state index contributed by atoms with van der Waals surface area (Å²) in [6.07, 6.45) is 3.42. The van der Waals surface area contributed by atoms with E-state index in [0.29, 0.717) is 29.5 Å². The van der Waals surface area contributed by atoms with Crippen LogP contribution < -0.4 is 14.8 Å². The molecule has 1 N–H and O–H groups in total. The molecule has 1 saturated heterocycles. The Morgan fingerprint density at radius 1 is 1.32 bits per heavy atom. The van der Waals surface area contributed by atoms with Crippen molar-refractivity contribution >= 4 is 29.3 Å². The van der Waals surface area contributed by atoms with Gasteiger partial charge in [0.05, 0.1) is 6.61 Å². The van der Waals surface area contributed by atoms with Crippen molar-refractivity contribution in [2.24, 2.45) is 0 Å². The van der Waals surface area contributed by atoms with Gasteiger partial charge in [-0.2, -0.15) is 8.78 Å². The molecule has 5 nitrogen and oxygen atoms in total. The molecule has 136 valence electrons. The number of unbranched alkanes of at least 4 members (excludes halogenated alkanes) is 1. The highest BCUT2D eigenvalue weighted by atomic mass is 32.1. The summed E-state index contributed by atoms with van der Waals surface area (Å²) in [5, 5.41) is 3.25. The Labute approximate surface area is 150 Å². The van der Waals surface area contributed by atoms with Crippen LogP contribution in [0.2, 0.25) is 0 Å². The molecule has 0 aromatic heterocycles. The van der Waals surface area contributed by atoms with E-state index in [1.165, 1.54) is 11.0 Å². The van der Waals surface area contributed by atoms with Crippen molar-refractivity contribution in [3.8, 4) is 11.5 Å². The Morgan fingerprint density at radius 2 is 2.08 bits per heavy atom. The minimum absolute atomic E-state index is 0.0511. The molecule has 0 unspecified atom stereocenters. The first kappa shape index (κ1) is 19.1. The zero-order chi connectivity index (χ0) is 18.4. The number of thiocarbonyl (C=S) groups is 1. The largest absolute Gasteiger partial charge is 0.490 e. The molecule has 8 heteroatoms. The molecule has 1 aromatic carbocycles. The van der Waals surface area contributed by atoms with Crippen LogP contribution in [0.1, 0.15) is 32.3 Å². The van der Waals surface area contributed by atoms with Crippen LogP contribution in [-0.4, -0.2) is 35.7 Å². The van der Waals surface area contributed by atoms with E-state index in [4.69, 9.17) is 17.0 Å². The molecular formula is C17H20F2N2O3S. The summed E-state index contributed by atoms with van der Waals surface area (Å²) in [6, 6.07) is 4.50. The number of halogens is 2. The summed E-state index contributed by atoms with van der Waals surface area (Å²) >= 11 is 5.18. The fraction of sp³-hybridized carbons (Fsp3) is 0.412. The van der Waals surface area contributed by atoms with Crippen molar-refractivity contribution in [2.75, 3.05) is 13.2 Å². The van der Waals surface area contributed by atoms with E-state index in [1.54, 1.807) is 25.1 Å². The molecule has 1 aliphatic rings. The quantitative estimate of drug-likeness (QED) is 0.560. The lowest BCUT2D eigenvalue weighted by atomic mass is 10.1. The Kier molecular flexibility index (Phi) is 6.69. The number of benzene rings is 1. The van der Waals surface area contributed by atoms with Crippen molar-refractivity contribution < 1.29 is 23.0 Å². The maximum absolute atomic E-state index is 12.4. The van der Waals surface area contributed by atoms with Crippen molar-refractivity contribution in [3.63, 3.8) is 0 Å². The normalized spacial score (nSPS) is 15.9. The lowest BCUT2D eigenvalue weighted by Crippen LogP contribution is -2.31. The second kappa shape index (κ2) is 8.75. The first-order chi connectivity index (χ1) is 12.0. The van der Waals surface area contributed by atoms with E-state index in [9.17, 15) is 13.6 Å². The summed E-state index contributed by atoms with van der Waals surface area (Å²) < 4.78 is 34.7. The number of hydrogen-bond acceptors (Lipinski definition) is 4. The lowest BCUT2D eigenvalue weighted by Gasteiger charge is -2.12. The van der Waals surface area contributed by atoms with Crippen LogP contribution >= 0.6 is 12.2 Å². The van der Waals surface area contributed by atoms with Gasteiger partial charge in [-0.15, -0.1) is 0 Å². The van der Waals surface area contributed by atoms with Crippen LogP contribution in [0.3, 0.4) is 0 Å². The highest BCUT2D eigenvalue weighted by Crippen LogP contribution is 2.31. The molecule has 1 aliphatic heterocycles. The first-order valence-electron chi connectivity index (χ1n) is 8.02. The van der Waals surface area contributed by atoms with E-state index < -0.39 is 6.61 Å². The van der Waals surface area contributed by atoms with E-state index in [-0.39, 0.29) is 17.4 Å². The SMILES string of the molecule is CCCCN1C(=O)/C(=C/c2ccc(OC(F)F)c(OCC)c2)NC1=S. The average Bonchev–Trinajstić information content (AvgIpc) is 2.82. The summed E-state index contributed by atoms with van der Waals surface area (Å²) in [5.74, 6) is -0.0675. The van der Waals surface area contributed by atoms with Gasteiger partial charge in [-0.05, 0) is 49.3 Å². The molecule has 0 radical (unpaired) electrons. The predicted molar refractivity (Wildman–Crippen MR) is 94.6 cm³/mol. The third-order valence-corrected chi connectivity index (χ3v) is 3.81. The molecular weight excluding hydrogens is 350 g/mol. The maximum Gasteiger partial charge on any atom is 0.387 e. The van der Waals surface area contributed by atoms with Crippen LogP contribution in [0.25, 0.3) is 6.08 Å². The van der Waals surface area contributed by atoms with Gasteiger partial charge >= 0.3 is 6.61 Å². The van der Waals surface area contributed by atoms with E-state index in [2.05, 4.69) is 10.1 Å². The van der Waals surface area contributed by atoms with E-state index in [0.717, 1.165) is 12.8 Å². The number of nitrogens with one attached hydrogen (secondary N) is 1. The Bertz CT molecular complexity index is 680. The lowest BCUT2D eigenvalue weighted by molar-refractivity contribution is -0.122. The van der Waals surface area contributed by atoms with E-state index >= 15 is 0 Å². The fourth-order valence-corrected chi connectivity index (χ4v) is 2.62. The topological polar surface area (TPSA) is 50.8 Å². The van der Waals surface area contributed by atoms with Crippen molar-refractivity contribution in [2.45, 2.75) is 33.3 Å². The van der Waals surface area contributed by atoms with Crippen molar-refractivity contribution in [1.29, 1.82) is 0 Å².